The standard InChI is InChI=1S/C35H32ClN7O4/c1-22-9-11-25(41(2)30-13-15-37-34(38-30)46-3)18-27(22)28-19-43(40-39-28)21-35(45)14-16-42(20-35)33(44)32-31(23-7-5-4-6-8-23)26-12-10-24(36)17-29(26)47-32/h4-13,15,17-19,45H,14,16,20-21H2,1-3H3. The zero-order valence-corrected chi connectivity index (χ0v) is 26.8. The van der Waals surface area contributed by atoms with Crippen LogP contribution in [-0.4, -0.2) is 73.7 Å². The molecule has 7 rings (SSSR count). The number of hydrogen-bond acceptors (Lipinski definition) is 9. The van der Waals surface area contributed by atoms with Gasteiger partial charge in [0.15, 0.2) is 0 Å². The molecule has 1 fully saturated rings. The minimum Gasteiger partial charge on any atom is -0.467 e. The number of amides is 1. The van der Waals surface area contributed by atoms with E-state index >= 15 is 0 Å². The quantitative estimate of drug-likeness (QED) is 0.206. The number of benzene rings is 3. The number of ether oxygens (including phenoxy) is 1. The van der Waals surface area contributed by atoms with Crippen molar-refractivity contribution < 1.29 is 19.1 Å². The van der Waals surface area contributed by atoms with Crippen molar-refractivity contribution in [3.05, 3.63) is 102 Å². The first-order chi connectivity index (χ1) is 22.7. The lowest BCUT2D eigenvalue weighted by atomic mass is 10.0. The maximum Gasteiger partial charge on any atom is 0.318 e. The minimum atomic E-state index is -1.20. The molecular weight excluding hydrogens is 618 g/mol. The Labute approximate surface area is 276 Å². The summed E-state index contributed by atoms with van der Waals surface area (Å²) in [5.74, 6) is 0.617. The van der Waals surface area contributed by atoms with Crippen molar-refractivity contribution in [2.75, 3.05) is 32.1 Å². The molecule has 0 bridgehead atoms. The molecule has 1 aliphatic heterocycles. The molecule has 4 heterocycles. The summed E-state index contributed by atoms with van der Waals surface area (Å²) in [7, 11) is 3.45. The molecule has 1 unspecified atom stereocenters. The van der Waals surface area contributed by atoms with Gasteiger partial charge in [-0.3, -0.25) is 4.79 Å². The normalized spacial score (nSPS) is 16.1. The van der Waals surface area contributed by atoms with Gasteiger partial charge in [-0.1, -0.05) is 53.2 Å². The monoisotopic (exact) mass is 649 g/mol. The summed E-state index contributed by atoms with van der Waals surface area (Å²) in [6.45, 7) is 2.67. The predicted molar refractivity (Wildman–Crippen MR) is 179 cm³/mol. The Hall–Kier alpha value is -5.26. The molecule has 3 aromatic carbocycles. The number of furan rings is 1. The lowest BCUT2D eigenvalue weighted by molar-refractivity contribution is 0.0262. The highest BCUT2D eigenvalue weighted by Crippen LogP contribution is 2.38. The summed E-state index contributed by atoms with van der Waals surface area (Å²) in [4.78, 5) is 26.0. The van der Waals surface area contributed by atoms with E-state index < -0.39 is 5.60 Å². The molecule has 0 aliphatic carbocycles. The molecule has 1 saturated heterocycles. The van der Waals surface area contributed by atoms with Gasteiger partial charge in [-0.15, -0.1) is 5.10 Å². The first-order valence-corrected chi connectivity index (χ1v) is 15.5. The van der Waals surface area contributed by atoms with Crippen molar-refractivity contribution in [3.8, 4) is 28.4 Å². The van der Waals surface area contributed by atoms with E-state index in [1.807, 2.05) is 79.7 Å². The van der Waals surface area contributed by atoms with Gasteiger partial charge in [0.2, 0.25) is 5.76 Å². The maximum atomic E-state index is 13.9. The Morgan fingerprint density at radius 1 is 1.13 bits per heavy atom. The largest absolute Gasteiger partial charge is 0.467 e. The van der Waals surface area contributed by atoms with Gasteiger partial charge in [0.05, 0.1) is 26.4 Å². The minimum absolute atomic E-state index is 0.120. The second-order valence-electron chi connectivity index (χ2n) is 11.8. The van der Waals surface area contributed by atoms with Crippen molar-refractivity contribution >= 4 is 40.0 Å². The topological polar surface area (TPSA) is 123 Å². The number of aliphatic hydroxyl groups is 1. The zero-order chi connectivity index (χ0) is 32.7. The Morgan fingerprint density at radius 2 is 1.96 bits per heavy atom. The number of halogens is 1. The highest BCUT2D eigenvalue weighted by Gasteiger charge is 2.41. The molecular formula is C35H32ClN7O4. The van der Waals surface area contributed by atoms with Crippen LogP contribution in [0, 0.1) is 6.92 Å². The summed E-state index contributed by atoms with van der Waals surface area (Å²) in [6, 6.07) is 23.2. The van der Waals surface area contributed by atoms with Gasteiger partial charge < -0.3 is 24.1 Å². The van der Waals surface area contributed by atoms with Crippen LogP contribution < -0.4 is 9.64 Å². The van der Waals surface area contributed by atoms with Gasteiger partial charge in [0.1, 0.15) is 22.7 Å². The van der Waals surface area contributed by atoms with Gasteiger partial charge in [-0.25, -0.2) is 9.67 Å². The Balaban J connectivity index is 1.10. The van der Waals surface area contributed by atoms with Gasteiger partial charge in [-0.05, 0) is 54.8 Å². The molecule has 47 heavy (non-hydrogen) atoms. The predicted octanol–water partition coefficient (Wildman–Crippen LogP) is 6.16. The highest BCUT2D eigenvalue weighted by atomic mass is 35.5. The van der Waals surface area contributed by atoms with Crippen LogP contribution in [0.4, 0.5) is 11.5 Å². The summed E-state index contributed by atoms with van der Waals surface area (Å²) in [5, 5.41) is 21.7. The fourth-order valence-electron chi connectivity index (χ4n) is 6.06. The summed E-state index contributed by atoms with van der Waals surface area (Å²) in [6.07, 6.45) is 3.84. The van der Waals surface area contributed by atoms with Crippen molar-refractivity contribution in [1.82, 2.24) is 29.9 Å². The number of anilines is 2. The first kappa shape index (κ1) is 30.4. The van der Waals surface area contributed by atoms with Crippen molar-refractivity contribution in [2.24, 2.45) is 0 Å². The van der Waals surface area contributed by atoms with Crippen LogP contribution in [0.25, 0.3) is 33.4 Å². The SMILES string of the molecule is COc1nccc(N(C)c2ccc(C)c(-c3cn(CC4(O)CCN(C(=O)c5oc6cc(Cl)ccc6c5-c5ccccc5)C4)nn3)c2)n1. The number of nitrogens with zero attached hydrogens (tertiary/aromatic N) is 7. The number of carbonyl (C=O) groups excluding carboxylic acids is 1. The smallest absolute Gasteiger partial charge is 0.318 e. The van der Waals surface area contributed by atoms with E-state index in [1.54, 1.807) is 34.0 Å². The van der Waals surface area contributed by atoms with Crippen molar-refractivity contribution in [1.29, 1.82) is 0 Å². The average Bonchev–Trinajstić information content (AvgIpc) is 3.81. The van der Waals surface area contributed by atoms with Crippen LogP contribution in [0.15, 0.2) is 89.6 Å². The van der Waals surface area contributed by atoms with Crippen LogP contribution in [-0.2, 0) is 6.54 Å². The van der Waals surface area contributed by atoms with E-state index in [-0.39, 0.29) is 30.8 Å². The molecule has 1 N–H and O–H groups in total. The number of hydrogen-bond donors (Lipinski definition) is 1. The molecule has 6 aromatic rings. The fourth-order valence-corrected chi connectivity index (χ4v) is 6.22. The molecule has 11 nitrogen and oxygen atoms in total. The van der Waals surface area contributed by atoms with E-state index in [1.165, 1.54) is 7.11 Å². The highest BCUT2D eigenvalue weighted by molar-refractivity contribution is 6.31. The average molecular weight is 650 g/mol. The molecule has 1 aliphatic rings. The van der Waals surface area contributed by atoms with Crippen LogP contribution in [0.3, 0.4) is 0 Å². The zero-order valence-electron chi connectivity index (χ0n) is 26.1. The third kappa shape index (κ3) is 5.91. The lowest BCUT2D eigenvalue weighted by Gasteiger charge is -2.23. The second-order valence-corrected chi connectivity index (χ2v) is 12.2. The third-order valence-corrected chi connectivity index (χ3v) is 8.79. The fraction of sp³-hybridized carbons (Fsp3) is 0.229. The summed E-state index contributed by atoms with van der Waals surface area (Å²) < 4.78 is 12.9. The van der Waals surface area contributed by atoms with Crippen molar-refractivity contribution in [3.63, 3.8) is 0 Å². The number of aryl methyl sites for hydroxylation is 1. The molecule has 0 spiro atoms. The van der Waals surface area contributed by atoms with Gasteiger partial charge in [0, 0.05) is 53.1 Å². The molecule has 3 aromatic heterocycles. The van der Waals surface area contributed by atoms with Crippen LogP contribution in [0.1, 0.15) is 22.5 Å². The number of rotatable bonds is 8. The maximum absolute atomic E-state index is 13.9. The Bertz CT molecular complexity index is 2100. The van der Waals surface area contributed by atoms with E-state index in [2.05, 4.69) is 20.3 Å². The van der Waals surface area contributed by atoms with E-state index in [0.29, 0.717) is 40.6 Å². The number of likely N-dealkylation sites (tertiary alicyclic amines) is 1. The number of aromatic nitrogens is 5. The summed E-state index contributed by atoms with van der Waals surface area (Å²) in [5.41, 5.74) is 4.39. The lowest BCUT2D eigenvalue weighted by Crippen LogP contribution is -2.39. The summed E-state index contributed by atoms with van der Waals surface area (Å²) >= 11 is 6.24. The van der Waals surface area contributed by atoms with E-state index in [9.17, 15) is 9.90 Å². The van der Waals surface area contributed by atoms with Crippen molar-refractivity contribution in [2.45, 2.75) is 25.5 Å². The van der Waals surface area contributed by atoms with Gasteiger partial charge in [-0.2, -0.15) is 4.98 Å². The van der Waals surface area contributed by atoms with Crippen LogP contribution in [0.5, 0.6) is 6.01 Å². The number of β-amino-alcohol motifs (C(OH)–C–C–N with tert-alkyl or cyclic N) is 1. The van der Waals surface area contributed by atoms with Gasteiger partial charge in [0.25, 0.3) is 5.91 Å². The van der Waals surface area contributed by atoms with Crippen LogP contribution >= 0.6 is 11.6 Å². The molecule has 238 valence electrons. The number of methoxy groups -OCH3 is 1. The number of fused-ring (bicyclic) bond motifs is 1. The van der Waals surface area contributed by atoms with Crippen LogP contribution in [0.2, 0.25) is 5.02 Å². The van der Waals surface area contributed by atoms with E-state index in [4.69, 9.17) is 20.8 Å². The molecule has 1 amide bonds. The second kappa shape index (κ2) is 12.2. The number of carbonyl (C=O) groups is 1. The molecule has 0 saturated carbocycles. The van der Waals surface area contributed by atoms with Gasteiger partial charge >= 0.3 is 6.01 Å². The first-order valence-electron chi connectivity index (χ1n) is 15.1. The molecule has 12 heteroatoms. The molecule has 1 atom stereocenters. The Morgan fingerprint density at radius 3 is 2.77 bits per heavy atom. The molecule has 0 radical (unpaired) electrons. The van der Waals surface area contributed by atoms with E-state index in [0.717, 1.165) is 27.8 Å². The Kier molecular flexibility index (Phi) is 7.86. The third-order valence-electron chi connectivity index (χ3n) is 8.55.